The van der Waals surface area contributed by atoms with E-state index < -0.39 is 28.7 Å². The quantitative estimate of drug-likeness (QED) is 0.638. The molecule has 0 radical (unpaired) electrons. The molecule has 1 atom stereocenters. The number of carbonyl (C=O) groups excluding carboxylic acids is 1. The number of phenols is 2. The molecule has 0 amide bonds. The van der Waals surface area contributed by atoms with Crippen LogP contribution >= 0.6 is 0 Å². The smallest absolute Gasteiger partial charge is 0.339 e. The van der Waals surface area contributed by atoms with Crippen molar-refractivity contribution < 1.29 is 30.0 Å². The fourth-order valence-corrected chi connectivity index (χ4v) is 3.35. The molecule has 3 rings (SSSR count). The molecule has 0 bridgehead atoms. The Kier molecular flexibility index (Phi) is 3.21. The highest BCUT2D eigenvalue weighted by Crippen LogP contribution is 2.46. The van der Waals surface area contributed by atoms with Gasteiger partial charge >= 0.3 is 5.97 Å². The van der Waals surface area contributed by atoms with E-state index in [0.717, 1.165) is 6.07 Å². The number of carboxylic acid groups (broad SMARTS) is 1. The predicted octanol–water partition coefficient (Wildman–Crippen LogP) is 2.21. The van der Waals surface area contributed by atoms with Crippen molar-refractivity contribution in [3.05, 3.63) is 57.1 Å². The van der Waals surface area contributed by atoms with Gasteiger partial charge in [0.2, 0.25) is 0 Å². The third-order valence-corrected chi connectivity index (χ3v) is 4.65. The zero-order valence-electron chi connectivity index (χ0n) is 13.3. The molecule has 0 heterocycles. The van der Waals surface area contributed by atoms with Crippen LogP contribution in [-0.2, 0) is 5.60 Å². The maximum absolute atomic E-state index is 12.9. The largest absolute Gasteiger partial charge is 0.507 e. The lowest BCUT2D eigenvalue weighted by atomic mass is 9.72. The minimum atomic E-state index is -1.66. The van der Waals surface area contributed by atoms with Crippen molar-refractivity contribution >= 4 is 11.8 Å². The highest BCUT2D eigenvalue weighted by Gasteiger charge is 2.43. The van der Waals surface area contributed by atoms with Crippen molar-refractivity contribution in [1.29, 1.82) is 0 Å². The van der Waals surface area contributed by atoms with Crippen LogP contribution in [0.2, 0.25) is 0 Å². The third kappa shape index (κ3) is 1.86. The van der Waals surface area contributed by atoms with E-state index >= 15 is 0 Å². The molecular weight excluding hydrogens is 312 g/mol. The summed E-state index contributed by atoms with van der Waals surface area (Å²) >= 11 is 0. The molecule has 0 unspecified atom stereocenters. The van der Waals surface area contributed by atoms with Crippen LogP contribution in [0.4, 0.5) is 0 Å². The van der Waals surface area contributed by atoms with Gasteiger partial charge in [0.05, 0.1) is 5.56 Å². The number of benzene rings is 2. The van der Waals surface area contributed by atoms with E-state index in [0.29, 0.717) is 5.56 Å². The molecule has 2 aromatic carbocycles. The van der Waals surface area contributed by atoms with Gasteiger partial charge in [-0.3, -0.25) is 4.79 Å². The molecule has 1 aliphatic carbocycles. The third-order valence-electron chi connectivity index (χ3n) is 4.65. The van der Waals surface area contributed by atoms with E-state index in [1.54, 1.807) is 19.1 Å². The number of phenolic OH excluding ortho intramolecular Hbond substituents is 1. The minimum Gasteiger partial charge on any atom is -0.507 e. The van der Waals surface area contributed by atoms with E-state index in [9.17, 15) is 30.0 Å². The van der Waals surface area contributed by atoms with Gasteiger partial charge in [-0.2, -0.15) is 0 Å². The Bertz CT molecular complexity index is 924. The molecule has 1 aliphatic rings. The summed E-state index contributed by atoms with van der Waals surface area (Å²) in [6, 6.07) is 4.23. The molecule has 6 nitrogen and oxygen atoms in total. The number of hydrogen-bond acceptors (Lipinski definition) is 5. The van der Waals surface area contributed by atoms with Crippen LogP contribution < -0.4 is 0 Å². The Morgan fingerprint density at radius 1 is 1.08 bits per heavy atom. The Morgan fingerprint density at radius 3 is 2.29 bits per heavy atom. The minimum absolute atomic E-state index is 0.0106. The van der Waals surface area contributed by atoms with Crippen molar-refractivity contribution in [2.75, 3.05) is 0 Å². The zero-order valence-corrected chi connectivity index (χ0v) is 13.3. The van der Waals surface area contributed by atoms with Crippen LogP contribution in [0.15, 0.2) is 18.2 Å². The number of hydrogen-bond donors (Lipinski definition) is 4. The second-order valence-electron chi connectivity index (χ2n) is 6.18. The molecule has 124 valence electrons. The van der Waals surface area contributed by atoms with Gasteiger partial charge in [0.15, 0.2) is 5.78 Å². The number of carboxylic acids is 1. The molecule has 4 N–H and O–H groups in total. The molecule has 6 heteroatoms. The zero-order chi connectivity index (χ0) is 18.0. The normalized spacial score (nSPS) is 18.9. The maximum atomic E-state index is 12.9. The van der Waals surface area contributed by atoms with Gasteiger partial charge in [-0.1, -0.05) is 12.1 Å². The van der Waals surface area contributed by atoms with Crippen molar-refractivity contribution in [3.63, 3.8) is 0 Å². The lowest BCUT2D eigenvalue weighted by Gasteiger charge is -2.34. The van der Waals surface area contributed by atoms with Crippen LogP contribution in [-0.4, -0.2) is 32.2 Å². The summed E-state index contributed by atoms with van der Waals surface area (Å²) in [6.45, 7) is 4.46. The number of rotatable bonds is 1. The average Bonchev–Trinajstić information content (AvgIpc) is 2.47. The number of aromatic hydroxyl groups is 2. The van der Waals surface area contributed by atoms with Crippen LogP contribution in [0.5, 0.6) is 11.5 Å². The monoisotopic (exact) mass is 328 g/mol. The average molecular weight is 328 g/mol. The van der Waals surface area contributed by atoms with E-state index in [-0.39, 0.29) is 33.6 Å². The highest BCUT2D eigenvalue weighted by molar-refractivity contribution is 6.17. The van der Waals surface area contributed by atoms with Crippen LogP contribution in [0, 0.1) is 13.8 Å². The Hall–Kier alpha value is -2.86. The summed E-state index contributed by atoms with van der Waals surface area (Å²) in [5.41, 5.74) is -1.27. The molecule has 0 fully saturated rings. The highest BCUT2D eigenvalue weighted by atomic mass is 16.4. The lowest BCUT2D eigenvalue weighted by Crippen LogP contribution is -2.34. The second kappa shape index (κ2) is 4.82. The molecule has 0 aliphatic heterocycles. The van der Waals surface area contributed by atoms with Crippen molar-refractivity contribution in [1.82, 2.24) is 0 Å². The molecule has 0 aromatic heterocycles. The van der Waals surface area contributed by atoms with E-state index in [1.807, 2.05) is 0 Å². The van der Waals surface area contributed by atoms with Crippen molar-refractivity contribution in [2.24, 2.45) is 0 Å². The van der Waals surface area contributed by atoms with Gasteiger partial charge in [-0.05, 0) is 38.0 Å². The van der Waals surface area contributed by atoms with Gasteiger partial charge in [0.25, 0.3) is 0 Å². The van der Waals surface area contributed by atoms with E-state index in [2.05, 4.69) is 0 Å². The van der Waals surface area contributed by atoms with Crippen LogP contribution in [0.1, 0.15) is 55.5 Å². The molecule has 0 saturated carbocycles. The van der Waals surface area contributed by atoms with Gasteiger partial charge in [0, 0.05) is 16.7 Å². The van der Waals surface area contributed by atoms with Gasteiger partial charge < -0.3 is 20.4 Å². The van der Waals surface area contributed by atoms with Gasteiger partial charge in [-0.25, -0.2) is 4.79 Å². The number of ketones is 1. The first-order valence-electron chi connectivity index (χ1n) is 7.29. The van der Waals surface area contributed by atoms with E-state index in [1.165, 1.54) is 13.8 Å². The number of aromatic carboxylic acids is 1. The summed E-state index contributed by atoms with van der Waals surface area (Å²) in [6.07, 6.45) is 0. The standard InChI is InChI=1S/C18H16O6/c1-7-4-5-9-14(15(7)20)16(21)12-8(2)13(17(22)23)11(19)6-10(12)18(9,3)24/h4-6,19-20,24H,1-3H3,(H,22,23)/t18-/m0/s1. The lowest BCUT2D eigenvalue weighted by molar-refractivity contribution is 0.0690. The van der Waals surface area contributed by atoms with Gasteiger partial charge in [-0.15, -0.1) is 0 Å². The predicted molar refractivity (Wildman–Crippen MR) is 84.8 cm³/mol. The summed E-state index contributed by atoms with van der Waals surface area (Å²) in [4.78, 5) is 24.3. The Balaban J connectivity index is 2.46. The maximum Gasteiger partial charge on any atom is 0.339 e. The first kappa shape index (κ1) is 16.0. The molecule has 0 spiro atoms. The Labute approximate surface area is 137 Å². The molecule has 24 heavy (non-hydrogen) atoms. The van der Waals surface area contributed by atoms with Crippen molar-refractivity contribution in [2.45, 2.75) is 26.4 Å². The number of carbonyl (C=O) groups is 2. The number of aryl methyl sites for hydroxylation is 1. The van der Waals surface area contributed by atoms with Crippen LogP contribution in [0.25, 0.3) is 0 Å². The summed E-state index contributed by atoms with van der Waals surface area (Å²) in [5.74, 6) is -2.72. The molecular formula is C18H16O6. The van der Waals surface area contributed by atoms with Gasteiger partial charge in [0.1, 0.15) is 22.7 Å². The number of fused-ring (bicyclic) bond motifs is 2. The topological polar surface area (TPSA) is 115 Å². The van der Waals surface area contributed by atoms with Crippen molar-refractivity contribution in [3.8, 4) is 11.5 Å². The summed E-state index contributed by atoms with van der Waals surface area (Å²) < 4.78 is 0. The molecule has 0 saturated heterocycles. The summed E-state index contributed by atoms with van der Waals surface area (Å²) in [5, 5.41) is 40.6. The van der Waals surface area contributed by atoms with Crippen LogP contribution in [0.3, 0.4) is 0 Å². The fourth-order valence-electron chi connectivity index (χ4n) is 3.35. The summed E-state index contributed by atoms with van der Waals surface area (Å²) in [7, 11) is 0. The molecule has 2 aromatic rings. The number of aliphatic hydroxyl groups is 1. The fraction of sp³-hybridized carbons (Fsp3) is 0.222. The SMILES string of the molecule is Cc1ccc2c(c1O)C(=O)c1c(cc(O)c(C(=O)O)c1C)[C@@]2(C)O. The second-order valence-corrected chi connectivity index (χ2v) is 6.18. The van der Waals surface area contributed by atoms with E-state index in [4.69, 9.17) is 0 Å². The Morgan fingerprint density at radius 2 is 1.71 bits per heavy atom. The first-order chi connectivity index (χ1) is 11.1. The first-order valence-corrected chi connectivity index (χ1v) is 7.29.